The van der Waals surface area contributed by atoms with Crippen molar-refractivity contribution >= 4 is 17.3 Å². The number of rotatable bonds is 4. The maximum absolute atomic E-state index is 13.2. The first-order valence-electron chi connectivity index (χ1n) is 7.93. The van der Waals surface area contributed by atoms with E-state index in [0.29, 0.717) is 16.9 Å². The number of carbonyl (C=O) groups is 3. The molecule has 0 aliphatic heterocycles. The van der Waals surface area contributed by atoms with E-state index in [1.807, 2.05) is 0 Å². The van der Waals surface area contributed by atoms with Crippen molar-refractivity contribution in [3.05, 3.63) is 51.6 Å². The largest absolute Gasteiger partial charge is 0.497 e. The fourth-order valence-corrected chi connectivity index (χ4v) is 3.39. The van der Waals surface area contributed by atoms with Crippen molar-refractivity contribution in [2.75, 3.05) is 21.3 Å². The highest BCUT2D eigenvalue weighted by molar-refractivity contribution is 6.31. The maximum Gasteiger partial charge on any atom is 0.202 e. The summed E-state index contributed by atoms with van der Waals surface area (Å²) in [5.41, 5.74) is 1.51. The molecule has 3 rings (SSSR count). The molecular formula is C20H18O6. The highest BCUT2D eigenvalue weighted by atomic mass is 16.5. The average molecular weight is 354 g/mol. The van der Waals surface area contributed by atoms with Gasteiger partial charge in [-0.15, -0.1) is 0 Å². The number of ketones is 3. The Balaban J connectivity index is 2.40. The molecule has 0 amide bonds. The molecule has 0 saturated carbocycles. The summed E-state index contributed by atoms with van der Waals surface area (Å²) in [5.74, 6) is -0.245. The number of fused-ring (bicyclic) bond motifs is 2. The molecule has 6 heteroatoms. The zero-order chi connectivity index (χ0) is 19.2. The minimum absolute atomic E-state index is 0.0873. The topological polar surface area (TPSA) is 78.9 Å². The zero-order valence-electron chi connectivity index (χ0n) is 15.2. The van der Waals surface area contributed by atoms with Crippen molar-refractivity contribution in [2.45, 2.75) is 13.8 Å². The molecule has 1 aliphatic rings. The molecule has 134 valence electrons. The van der Waals surface area contributed by atoms with E-state index in [1.165, 1.54) is 34.3 Å². The van der Waals surface area contributed by atoms with Crippen molar-refractivity contribution in [3.8, 4) is 17.2 Å². The number of aryl methyl sites for hydroxylation is 1. The molecular weight excluding hydrogens is 336 g/mol. The second-order valence-corrected chi connectivity index (χ2v) is 5.99. The lowest BCUT2D eigenvalue weighted by molar-refractivity contribution is 0.0971. The van der Waals surface area contributed by atoms with E-state index in [0.717, 1.165) is 0 Å². The summed E-state index contributed by atoms with van der Waals surface area (Å²) < 4.78 is 15.9. The molecule has 6 nitrogen and oxygen atoms in total. The molecule has 0 spiro atoms. The molecule has 0 N–H and O–H groups in total. The van der Waals surface area contributed by atoms with Gasteiger partial charge in [0.2, 0.25) is 5.78 Å². The summed E-state index contributed by atoms with van der Waals surface area (Å²) in [7, 11) is 4.26. The van der Waals surface area contributed by atoms with Crippen LogP contribution in [0, 0.1) is 6.92 Å². The van der Waals surface area contributed by atoms with Gasteiger partial charge in [-0.25, -0.2) is 0 Å². The van der Waals surface area contributed by atoms with Crippen molar-refractivity contribution in [2.24, 2.45) is 0 Å². The molecule has 0 unspecified atom stereocenters. The molecule has 0 aromatic heterocycles. The Kier molecular flexibility index (Phi) is 4.28. The fourth-order valence-electron chi connectivity index (χ4n) is 3.39. The summed E-state index contributed by atoms with van der Waals surface area (Å²) >= 11 is 0. The minimum Gasteiger partial charge on any atom is -0.497 e. The first-order valence-corrected chi connectivity index (χ1v) is 7.93. The Morgan fingerprint density at radius 3 is 2.04 bits per heavy atom. The third kappa shape index (κ3) is 2.37. The van der Waals surface area contributed by atoms with Gasteiger partial charge in [-0.1, -0.05) is 0 Å². The highest BCUT2D eigenvalue weighted by Crippen LogP contribution is 2.41. The number of methoxy groups -OCH3 is 3. The van der Waals surface area contributed by atoms with Gasteiger partial charge in [0.05, 0.1) is 38.0 Å². The normalized spacial score (nSPS) is 12.3. The second-order valence-electron chi connectivity index (χ2n) is 5.99. The molecule has 0 atom stereocenters. The first kappa shape index (κ1) is 17.7. The van der Waals surface area contributed by atoms with E-state index in [2.05, 4.69) is 0 Å². The van der Waals surface area contributed by atoms with Crippen LogP contribution in [0.3, 0.4) is 0 Å². The lowest BCUT2D eigenvalue weighted by atomic mass is 9.80. The standard InChI is InChI=1S/C20H18O6/c1-9-6-12-17(20(26-5)15(9)10(2)21)19(23)16-13(18(12)22)7-11(24-3)8-14(16)25-4/h6-8H,1-5H3. The van der Waals surface area contributed by atoms with Crippen LogP contribution < -0.4 is 14.2 Å². The van der Waals surface area contributed by atoms with Crippen LogP contribution in [0.2, 0.25) is 0 Å². The second kappa shape index (κ2) is 6.29. The smallest absolute Gasteiger partial charge is 0.202 e. The average Bonchev–Trinajstić information content (AvgIpc) is 2.63. The number of hydrogen-bond acceptors (Lipinski definition) is 6. The lowest BCUT2D eigenvalue weighted by Gasteiger charge is -2.24. The Bertz CT molecular complexity index is 971. The summed E-state index contributed by atoms with van der Waals surface area (Å²) in [6, 6.07) is 4.62. The van der Waals surface area contributed by atoms with Gasteiger partial charge in [-0.2, -0.15) is 0 Å². The number of carbonyl (C=O) groups excluding carboxylic acids is 3. The van der Waals surface area contributed by atoms with E-state index >= 15 is 0 Å². The van der Waals surface area contributed by atoms with Gasteiger partial charge in [0.1, 0.15) is 17.2 Å². The molecule has 0 radical (unpaired) electrons. The van der Waals surface area contributed by atoms with Crippen LogP contribution in [0.25, 0.3) is 0 Å². The number of ether oxygens (including phenoxy) is 3. The molecule has 2 aromatic carbocycles. The first-order chi connectivity index (χ1) is 12.3. The summed E-state index contributed by atoms with van der Waals surface area (Å²) in [4.78, 5) is 38.4. The Hall–Kier alpha value is -3.15. The van der Waals surface area contributed by atoms with Gasteiger partial charge in [-0.3, -0.25) is 14.4 Å². The van der Waals surface area contributed by atoms with E-state index in [1.54, 1.807) is 19.1 Å². The third-order valence-corrected chi connectivity index (χ3v) is 4.51. The van der Waals surface area contributed by atoms with Gasteiger partial charge in [-0.05, 0) is 31.5 Å². The fraction of sp³-hybridized carbons (Fsp3) is 0.250. The van der Waals surface area contributed by atoms with E-state index in [9.17, 15) is 14.4 Å². The van der Waals surface area contributed by atoms with Gasteiger partial charge in [0.25, 0.3) is 0 Å². The lowest BCUT2D eigenvalue weighted by Crippen LogP contribution is -2.24. The van der Waals surface area contributed by atoms with Gasteiger partial charge < -0.3 is 14.2 Å². The summed E-state index contributed by atoms with van der Waals surface area (Å²) in [6.45, 7) is 3.10. The maximum atomic E-state index is 13.2. The Morgan fingerprint density at radius 1 is 0.846 bits per heavy atom. The molecule has 26 heavy (non-hydrogen) atoms. The molecule has 0 heterocycles. The van der Waals surface area contributed by atoms with E-state index in [-0.39, 0.29) is 45.3 Å². The quantitative estimate of drug-likeness (QED) is 0.670. The van der Waals surface area contributed by atoms with Gasteiger partial charge in [0, 0.05) is 17.2 Å². The molecule has 1 aliphatic carbocycles. The molecule has 0 saturated heterocycles. The van der Waals surface area contributed by atoms with Crippen molar-refractivity contribution in [1.29, 1.82) is 0 Å². The minimum atomic E-state index is -0.423. The van der Waals surface area contributed by atoms with Gasteiger partial charge in [0.15, 0.2) is 11.6 Å². The van der Waals surface area contributed by atoms with Crippen molar-refractivity contribution in [3.63, 3.8) is 0 Å². The molecule has 2 aromatic rings. The van der Waals surface area contributed by atoms with Crippen LogP contribution >= 0.6 is 0 Å². The van der Waals surface area contributed by atoms with Crippen molar-refractivity contribution in [1.82, 2.24) is 0 Å². The van der Waals surface area contributed by atoms with Crippen LogP contribution in [0.4, 0.5) is 0 Å². The van der Waals surface area contributed by atoms with Crippen LogP contribution in [-0.2, 0) is 0 Å². The number of hydrogen-bond donors (Lipinski definition) is 0. The van der Waals surface area contributed by atoms with E-state index in [4.69, 9.17) is 14.2 Å². The predicted octanol–water partition coefficient (Wildman–Crippen LogP) is 3.00. The SMILES string of the molecule is COc1cc(OC)c2c(c1)C(=O)c1cc(C)c(C(C)=O)c(OC)c1C2=O. The van der Waals surface area contributed by atoms with Crippen LogP contribution in [0.15, 0.2) is 18.2 Å². The number of benzene rings is 2. The third-order valence-electron chi connectivity index (χ3n) is 4.51. The Morgan fingerprint density at radius 2 is 1.50 bits per heavy atom. The molecule has 0 bridgehead atoms. The van der Waals surface area contributed by atoms with Crippen LogP contribution in [-0.4, -0.2) is 38.7 Å². The van der Waals surface area contributed by atoms with Crippen molar-refractivity contribution < 1.29 is 28.6 Å². The number of Topliss-reactive ketones (excluding diaryl/α,β-unsaturated/α-hetero) is 1. The Labute approximate surface area is 150 Å². The monoisotopic (exact) mass is 354 g/mol. The zero-order valence-corrected chi connectivity index (χ0v) is 15.2. The van der Waals surface area contributed by atoms with Crippen LogP contribution in [0.5, 0.6) is 17.2 Å². The summed E-state index contributed by atoms with van der Waals surface area (Å²) in [6.07, 6.45) is 0. The molecule has 0 fully saturated rings. The van der Waals surface area contributed by atoms with Gasteiger partial charge >= 0.3 is 0 Å². The van der Waals surface area contributed by atoms with Crippen LogP contribution in [0.1, 0.15) is 54.7 Å². The highest BCUT2D eigenvalue weighted by Gasteiger charge is 2.37. The van der Waals surface area contributed by atoms with E-state index < -0.39 is 5.78 Å². The summed E-state index contributed by atoms with van der Waals surface area (Å²) in [5, 5.41) is 0. The predicted molar refractivity (Wildman–Crippen MR) is 94.1 cm³/mol.